The van der Waals surface area contributed by atoms with E-state index in [1.807, 2.05) is 48.5 Å². The third kappa shape index (κ3) is 3.59. The molecule has 132 valence electrons. The molecule has 0 saturated heterocycles. The van der Waals surface area contributed by atoms with Gasteiger partial charge in [0, 0.05) is 27.1 Å². The maximum absolute atomic E-state index is 12.3. The lowest BCUT2D eigenvalue weighted by Gasteiger charge is -2.19. The summed E-state index contributed by atoms with van der Waals surface area (Å²) in [6.07, 6.45) is 0. The van der Waals surface area contributed by atoms with Crippen LogP contribution < -0.4 is 14.8 Å². The monoisotopic (exact) mass is 385 g/mol. The van der Waals surface area contributed by atoms with Crippen LogP contribution in [0.15, 0.2) is 59.5 Å². The molecule has 0 bridgehead atoms. The summed E-state index contributed by atoms with van der Waals surface area (Å²) in [5.41, 5.74) is 0.691. The number of thioether (sulfide) groups is 1. The van der Waals surface area contributed by atoms with E-state index in [2.05, 4.69) is 5.32 Å². The normalized spacial score (nSPS) is 12.8. The van der Waals surface area contributed by atoms with Crippen molar-refractivity contribution in [2.45, 2.75) is 4.90 Å². The Bertz CT molecular complexity index is 971. The van der Waals surface area contributed by atoms with Gasteiger partial charge in [-0.1, -0.05) is 35.9 Å². The van der Waals surface area contributed by atoms with E-state index in [1.165, 1.54) is 11.8 Å². The Kier molecular flexibility index (Phi) is 4.91. The average molecular weight is 386 g/mol. The first-order chi connectivity index (χ1) is 12.7. The highest BCUT2D eigenvalue weighted by molar-refractivity contribution is 8.00. The molecule has 1 amide bonds. The molecule has 0 unspecified atom stereocenters. The Morgan fingerprint density at radius 1 is 1.04 bits per heavy atom. The summed E-state index contributed by atoms with van der Waals surface area (Å²) in [5, 5.41) is 5.63. The standard InChI is InChI=1S/C20H16ClNO3S/c21-15-5-1-3-13-4-2-6-18(20(13)15)26-12-19(23)22-14-7-8-16-17(11-14)25-10-9-24-16/h1-8,11H,9-10,12H2,(H,22,23). The van der Waals surface area contributed by atoms with Gasteiger partial charge in [-0.25, -0.2) is 0 Å². The number of ether oxygens (including phenoxy) is 2. The zero-order valence-corrected chi connectivity index (χ0v) is 15.4. The number of halogens is 1. The van der Waals surface area contributed by atoms with Crippen molar-refractivity contribution in [3.05, 3.63) is 59.6 Å². The summed E-state index contributed by atoms with van der Waals surface area (Å²) in [4.78, 5) is 13.3. The van der Waals surface area contributed by atoms with Crippen molar-refractivity contribution in [2.24, 2.45) is 0 Å². The first kappa shape index (κ1) is 17.1. The molecule has 4 nitrogen and oxygen atoms in total. The van der Waals surface area contributed by atoms with Crippen molar-refractivity contribution >= 4 is 45.7 Å². The van der Waals surface area contributed by atoms with E-state index < -0.39 is 0 Å². The van der Waals surface area contributed by atoms with Crippen LogP contribution in [0.3, 0.4) is 0 Å². The molecule has 3 aromatic rings. The number of amides is 1. The predicted octanol–water partition coefficient (Wildman–Crippen LogP) is 5.00. The van der Waals surface area contributed by atoms with E-state index in [0.717, 1.165) is 15.7 Å². The van der Waals surface area contributed by atoms with E-state index in [0.29, 0.717) is 41.2 Å². The lowest BCUT2D eigenvalue weighted by Crippen LogP contribution is -2.17. The van der Waals surface area contributed by atoms with Crippen LogP contribution in [0.25, 0.3) is 10.8 Å². The van der Waals surface area contributed by atoms with Gasteiger partial charge in [-0.05, 0) is 29.7 Å². The van der Waals surface area contributed by atoms with E-state index >= 15 is 0 Å². The zero-order valence-electron chi connectivity index (χ0n) is 13.8. The summed E-state index contributed by atoms with van der Waals surface area (Å²) in [7, 11) is 0. The molecule has 0 spiro atoms. The second kappa shape index (κ2) is 7.48. The van der Waals surface area contributed by atoms with Gasteiger partial charge in [-0.15, -0.1) is 11.8 Å². The molecule has 3 aromatic carbocycles. The van der Waals surface area contributed by atoms with Crippen LogP contribution in [0.2, 0.25) is 5.02 Å². The van der Waals surface area contributed by atoms with E-state index in [4.69, 9.17) is 21.1 Å². The molecule has 1 N–H and O–H groups in total. The van der Waals surface area contributed by atoms with Crippen molar-refractivity contribution in [3.63, 3.8) is 0 Å². The summed E-state index contributed by atoms with van der Waals surface area (Å²) in [6.45, 7) is 1.06. The molecule has 4 rings (SSSR count). The highest BCUT2D eigenvalue weighted by Crippen LogP contribution is 2.34. The van der Waals surface area contributed by atoms with Crippen LogP contribution in [0.1, 0.15) is 0 Å². The van der Waals surface area contributed by atoms with Crippen molar-refractivity contribution in [3.8, 4) is 11.5 Å². The lowest BCUT2D eigenvalue weighted by molar-refractivity contribution is -0.113. The number of carbonyl (C=O) groups excluding carboxylic acids is 1. The van der Waals surface area contributed by atoms with Crippen LogP contribution >= 0.6 is 23.4 Å². The molecule has 1 heterocycles. The highest BCUT2D eigenvalue weighted by atomic mass is 35.5. The Labute approximate surface area is 160 Å². The van der Waals surface area contributed by atoms with Crippen LogP contribution in [0.5, 0.6) is 11.5 Å². The molecule has 0 radical (unpaired) electrons. The van der Waals surface area contributed by atoms with Crippen LogP contribution in [-0.2, 0) is 4.79 Å². The first-order valence-corrected chi connectivity index (χ1v) is 9.56. The molecule has 26 heavy (non-hydrogen) atoms. The van der Waals surface area contributed by atoms with Crippen molar-refractivity contribution in [1.29, 1.82) is 0 Å². The summed E-state index contributed by atoms with van der Waals surface area (Å²) in [5.74, 6) is 1.56. The number of hydrogen-bond donors (Lipinski definition) is 1. The van der Waals surface area contributed by atoms with Crippen LogP contribution in [0, 0.1) is 0 Å². The van der Waals surface area contributed by atoms with Crippen molar-refractivity contribution < 1.29 is 14.3 Å². The minimum absolute atomic E-state index is 0.0873. The first-order valence-electron chi connectivity index (χ1n) is 8.20. The molecule has 0 saturated carbocycles. The van der Waals surface area contributed by atoms with E-state index in [1.54, 1.807) is 6.07 Å². The zero-order chi connectivity index (χ0) is 17.9. The number of benzene rings is 3. The van der Waals surface area contributed by atoms with E-state index in [-0.39, 0.29) is 5.91 Å². The molecule has 0 fully saturated rings. The van der Waals surface area contributed by atoms with Gasteiger partial charge in [0.1, 0.15) is 13.2 Å². The molecule has 1 aliphatic heterocycles. The fraction of sp³-hybridized carbons (Fsp3) is 0.150. The predicted molar refractivity (Wildman–Crippen MR) is 106 cm³/mol. The number of anilines is 1. The van der Waals surface area contributed by atoms with Crippen LogP contribution in [0.4, 0.5) is 5.69 Å². The van der Waals surface area contributed by atoms with Crippen molar-refractivity contribution in [2.75, 3.05) is 24.3 Å². The van der Waals surface area contributed by atoms with E-state index in [9.17, 15) is 4.79 Å². The second-order valence-corrected chi connectivity index (χ2v) is 7.21. The average Bonchev–Trinajstić information content (AvgIpc) is 2.66. The highest BCUT2D eigenvalue weighted by Gasteiger charge is 2.13. The Morgan fingerprint density at radius 2 is 1.81 bits per heavy atom. The number of rotatable bonds is 4. The third-order valence-corrected chi connectivity index (χ3v) is 5.37. The second-order valence-electron chi connectivity index (χ2n) is 5.79. The molecule has 6 heteroatoms. The Morgan fingerprint density at radius 3 is 2.65 bits per heavy atom. The summed E-state index contributed by atoms with van der Waals surface area (Å²) < 4.78 is 11.0. The molecule has 1 aliphatic rings. The number of hydrogen-bond acceptors (Lipinski definition) is 4. The molecule has 0 aromatic heterocycles. The summed E-state index contributed by atoms with van der Waals surface area (Å²) in [6, 6.07) is 17.2. The SMILES string of the molecule is O=C(CSc1cccc2cccc(Cl)c12)Nc1ccc2c(c1)OCCO2. The van der Waals surface area contributed by atoms with Gasteiger partial charge in [-0.3, -0.25) is 4.79 Å². The van der Waals surface area contributed by atoms with Gasteiger partial charge < -0.3 is 14.8 Å². The molecular weight excluding hydrogens is 370 g/mol. The number of fused-ring (bicyclic) bond motifs is 2. The topological polar surface area (TPSA) is 47.6 Å². The fourth-order valence-corrected chi connectivity index (χ4v) is 4.09. The molecule has 0 aliphatic carbocycles. The van der Waals surface area contributed by atoms with Crippen molar-refractivity contribution in [1.82, 2.24) is 0 Å². The minimum Gasteiger partial charge on any atom is -0.486 e. The lowest BCUT2D eigenvalue weighted by atomic mass is 10.1. The fourth-order valence-electron chi connectivity index (χ4n) is 2.84. The largest absolute Gasteiger partial charge is 0.486 e. The molecular formula is C20H16ClNO3S. The Hall–Kier alpha value is -2.37. The van der Waals surface area contributed by atoms with Gasteiger partial charge in [-0.2, -0.15) is 0 Å². The quantitative estimate of drug-likeness (QED) is 0.642. The third-order valence-electron chi connectivity index (χ3n) is 4.00. The summed E-state index contributed by atoms with van der Waals surface area (Å²) >= 11 is 7.80. The Balaban J connectivity index is 1.45. The van der Waals surface area contributed by atoms with Crippen LogP contribution in [-0.4, -0.2) is 24.9 Å². The molecule has 0 atom stereocenters. The smallest absolute Gasteiger partial charge is 0.234 e. The maximum atomic E-state index is 12.3. The van der Waals surface area contributed by atoms with Gasteiger partial charge in [0.2, 0.25) is 5.91 Å². The minimum atomic E-state index is -0.0873. The van der Waals surface area contributed by atoms with Gasteiger partial charge in [0.15, 0.2) is 11.5 Å². The number of nitrogens with one attached hydrogen (secondary N) is 1. The van der Waals surface area contributed by atoms with Gasteiger partial charge >= 0.3 is 0 Å². The number of carbonyl (C=O) groups is 1. The maximum Gasteiger partial charge on any atom is 0.234 e. The van der Waals surface area contributed by atoms with Gasteiger partial charge in [0.05, 0.1) is 5.75 Å². The van der Waals surface area contributed by atoms with Gasteiger partial charge in [0.25, 0.3) is 0 Å².